The van der Waals surface area contributed by atoms with Crippen LogP contribution in [0.15, 0.2) is 228 Å². The van der Waals surface area contributed by atoms with Crippen LogP contribution in [0.5, 0.6) is 0 Å². The van der Waals surface area contributed by atoms with E-state index in [0.717, 1.165) is 122 Å². The number of aliphatic imine (C=N–C) groups is 1. The Labute approximate surface area is 454 Å². The number of anilines is 1. The highest BCUT2D eigenvalue weighted by Gasteiger charge is 2.41. The van der Waals surface area contributed by atoms with Crippen molar-refractivity contribution in [2.24, 2.45) is 4.99 Å². The van der Waals surface area contributed by atoms with Crippen LogP contribution in [-0.2, 0) is 18.3 Å². The number of amidine groups is 1. The van der Waals surface area contributed by atoms with Crippen molar-refractivity contribution in [3.05, 3.63) is 252 Å². The fourth-order valence-corrected chi connectivity index (χ4v) is 11.5. The monoisotopic (exact) mass is 1010 g/mol. The number of hydrogen-bond donors (Lipinski definition) is 0. The number of nitrogens with zero attached hydrogens (tertiary/aromatic N) is 8. The zero-order valence-corrected chi connectivity index (χ0v) is 43.9. The van der Waals surface area contributed by atoms with Gasteiger partial charge in [-0.15, -0.1) is 0 Å². The molecule has 2 atom stereocenters. The van der Waals surface area contributed by atoms with Gasteiger partial charge in [0.1, 0.15) is 17.5 Å². The molecule has 2 unspecified atom stereocenters. The molecule has 0 fully saturated rings. The molecule has 7 aromatic carbocycles. The van der Waals surface area contributed by atoms with Gasteiger partial charge in [0.25, 0.3) is 5.89 Å². The Morgan fingerprint density at radius 1 is 0.538 bits per heavy atom. The molecular weight excluding hydrogens is 957 g/mol. The summed E-state index contributed by atoms with van der Waals surface area (Å²) in [5, 5.41) is 5.30. The lowest BCUT2D eigenvalue weighted by Crippen LogP contribution is -2.43. The van der Waals surface area contributed by atoms with E-state index in [-0.39, 0.29) is 17.5 Å². The first-order chi connectivity index (χ1) is 38.3. The number of imidazole rings is 2. The van der Waals surface area contributed by atoms with Crippen LogP contribution in [0.3, 0.4) is 0 Å². The van der Waals surface area contributed by atoms with Crippen molar-refractivity contribution < 1.29 is 9.10 Å². The molecule has 378 valence electrons. The zero-order chi connectivity index (χ0) is 52.3. The van der Waals surface area contributed by atoms with Crippen molar-refractivity contribution in [1.82, 2.24) is 24.2 Å². The van der Waals surface area contributed by atoms with Gasteiger partial charge >= 0.3 is 5.89 Å². The second-order valence-electron chi connectivity index (χ2n) is 21.5. The lowest BCUT2D eigenvalue weighted by Gasteiger charge is -2.29. The Kier molecular flexibility index (Phi) is 11.6. The first kappa shape index (κ1) is 47.0. The number of aromatic nitrogens is 6. The standard InChI is InChI=1S/C69H57N8O/c1-69(2,3)53-38-36-48(37-39-53)67-73-77(68(78-67)49-34-32-47(33-35-49)46-20-8-4-9-21-46)57-40-41-60-63(45-57)76(56-26-14-7-15-27-56)66(72-60)52-43-50(64-70-58-28-16-18-30-61(58)74(64)54-22-10-5-11-23-54)42-51(44-52)65-71-59-29-17-19-31-62(59)75(65)55-24-12-6-13-25-55/h4-16,19-28,31-45,60,63H,17-18,29-30H2,1-3H3/q+1. The normalized spacial score (nSPS) is 16.4. The molecule has 3 aromatic heterocycles. The van der Waals surface area contributed by atoms with E-state index >= 15 is 0 Å². The van der Waals surface area contributed by atoms with Gasteiger partial charge in [0.15, 0.2) is 0 Å². The van der Waals surface area contributed by atoms with Crippen LogP contribution in [0.2, 0.25) is 0 Å². The molecule has 9 heteroatoms. The van der Waals surface area contributed by atoms with E-state index in [4.69, 9.17) is 24.5 Å². The van der Waals surface area contributed by atoms with Crippen LogP contribution in [0, 0.1) is 0 Å². The Hall–Kier alpha value is -9.47. The van der Waals surface area contributed by atoms with Crippen LogP contribution in [0.4, 0.5) is 5.69 Å². The first-order valence-corrected chi connectivity index (χ1v) is 27.1. The molecule has 0 amide bonds. The summed E-state index contributed by atoms with van der Waals surface area (Å²) in [6.45, 7) is 6.70. The summed E-state index contributed by atoms with van der Waals surface area (Å²) in [5.41, 5.74) is 16.8. The topological polar surface area (TPSA) is 81.1 Å². The number of fused-ring (bicyclic) bond motifs is 3. The predicted octanol–water partition coefficient (Wildman–Crippen LogP) is 15.0. The van der Waals surface area contributed by atoms with Crippen molar-refractivity contribution >= 4 is 29.4 Å². The number of aryl methyl sites for hydroxylation is 1. The second-order valence-corrected chi connectivity index (χ2v) is 21.5. The maximum atomic E-state index is 6.89. The number of rotatable bonds is 10. The van der Waals surface area contributed by atoms with Gasteiger partial charge in [0, 0.05) is 56.6 Å². The van der Waals surface area contributed by atoms with Gasteiger partial charge in [0.2, 0.25) is 5.70 Å². The minimum absolute atomic E-state index is 0.00749. The molecule has 10 aromatic rings. The largest absolute Gasteiger partial charge is 0.414 e. The highest BCUT2D eigenvalue weighted by atomic mass is 16.4. The highest BCUT2D eigenvalue weighted by Crippen LogP contribution is 2.40. The van der Waals surface area contributed by atoms with Crippen molar-refractivity contribution in [1.29, 1.82) is 0 Å². The van der Waals surface area contributed by atoms with E-state index in [1.54, 1.807) is 0 Å². The average molecular weight is 1010 g/mol. The zero-order valence-electron chi connectivity index (χ0n) is 43.9. The molecule has 0 N–H and O–H groups in total. The molecule has 1 aliphatic heterocycles. The van der Waals surface area contributed by atoms with E-state index < -0.39 is 0 Å². The number of para-hydroxylation sites is 3. The van der Waals surface area contributed by atoms with Crippen LogP contribution >= 0.6 is 0 Å². The molecule has 0 spiro atoms. The Morgan fingerprint density at radius 3 is 1.81 bits per heavy atom. The molecule has 3 aliphatic carbocycles. The van der Waals surface area contributed by atoms with Gasteiger partial charge in [0.05, 0.1) is 40.4 Å². The molecule has 14 rings (SSSR count). The summed E-state index contributed by atoms with van der Waals surface area (Å²) >= 11 is 0. The molecule has 4 heterocycles. The smallest absolute Gasteiger partial charge is 0.377 e. The molecule has 0 radical (unpaired) electrons. The third-order valence-electron chi connectivity index (χ3n) is 15.4. The van der Waals surface area contributed by atoms with Gasteiger partial charge in [-0.2, -0.15) is 0 Å². The second kappa shape index (κ2) is 19.3. The van der Waals surface area contributed by atoms with Crippen molar-refractivity contribution in [2.75, 3.05) is 4.90 Å². The molecule has 0 saturated carbocycles. The fourth-order valence-electron chi connectivity index (χ4n) is 11.5. The van der Waals surface area contributed by atoms with E-state index in [9.17, 15) is 0 Å². The third-order valence-corrected chi connectivity index (χ3v) is 15.4. The summed E-state index contributed by atoms with van der Waals surface area (Å²) in [7, 11) is 0. The van der Waals surface area contributed by atoms with Crippen molar-refractivity contribution in [3.8, 4) is 68.2 Å². The fraction of sp³-hybridized carbons (Fsp3) is 0.145. The lowest BCUT2D eigenvalue weighted by atomic mass is 9.87. The SMILES string of the molecule is CC(C)(C)c1ccc(-c2n[n+](C3=CC4C(C=C3)N=C(c3cc(-c5nc6c(n5-c5ccccc5)C=CCC6)cc(-c5nc6c(n5-c5ccccc5)CCC=C6)c3)N4c3ccccc3)c(-c3ccc(-c4ccccc4)cc3)o2)cc1. The molecule has 0 saturated heterocycles. The quantitative estimate of drug-likeness (QED) is 0.128. The van der Waals surface area contributed by atoms with Crippen LogP contribution < -0.4 is 9.58 Å². The average Bonchev–Trinajstić information content (AvgIpc) is 4.38. The highest BCUT2D eigenvalue weighted by molar-refractivity contribution is 6.13. The number of benzene rings is 7. The number of allylic oxidation sites excluding steroid dienone is 4. The molecule has 78 heavy (non-hydrogen) atoms. The maximum absolute atomic E-state index is 6.89. The van der Waals surface area contributed by atoms with E-state index in [2.05, 4.69) is 259 Å². The summed E-state index contributed by atoms with van der Waals surface area (Å²) in [5.74, 6) is 3.79. The van der Waals surface area contributed by atoms with Gasteiger partial charge in [-0.05, 0) is 143 Å². The maximum Gasteiger partial charge on any atom is 0.414 e. The summed E-state index contributed by atoms with van der Waals surface area (Å²) in [4.78, 5) is 19.1. The summed E-state index contributed by atoms with van der Waals surface area (Å²) < 4.78 is 13.5. The van der Waals surface area contributed by atoms with Crippen molar-refractivity contribution in [2.45, 2.75) is 64.0 Å². The minimum Gasteiger partial charge on any atom is -0.377 e. The molecule has 9 nitrogen and oxygen atoms in total. The summed E-state index contributed by atoms with van der Waals surface area (Å²) in [6.07, 6.45) is 19.3. The van der Waals surface area contributed by atoms with E-state index in [0.29, 0.717) is 11.8 Å². The lowest BCUT2D eigenvalue weighted by molar-refractivity contribution is -0.631. The third kappa shape index (κ3) is 8.48. The Morgan fingerprint density at radius 2 is 1.12 bits per heavy atom. The Balaban J connectivity index is 0.936. The minimum atomic E-state index is -0.214. The number of hydrogen-bond acceptors (Lipinski definition) is 6. The molecule has 4 aliphatic rings. The van der Waals surface area contributed by atoms with Crippen LogP contribution in [0.25, 0.3) is 86.0 Å². The Bertz CT molecular complexity index is 4020. The van der Waals surface area contributed by atoms with Crippen LogP contribution in [0.1, 0.15) is 67.5 Å². The molecule has 0 bridgehead atoms. The van der Waals surface area contributed by atoms with E-state index in [1.807, 2.05) is 10.7 Å². The molecular formula is C69H57N8O+. The van der Waals surface area contributed by atoms with Gasteiger partial charge in [-0.3, -0.25) is 14.1 Å². The predicted molar refractivity (Wildman–Crippen MR) is 314 cm³/mol. The van der Waals surface area contributed by atoms with Gasteiger partial charge in [-0.25, -0.2) is 9.97 Å². The summed E-state index contributed by atoms with van der Waals surface area (Å²) in [6, 6.07) is 66.0. The van der Waals surface area contributed by atoms with Crippen molar-refractivity contribution in [3.63, 3.8) is 0 Å². The first-order valence-electron chi connectivity index (χ1n) is 27.1. The van der Waals surface area contributed by atoms with E-state index in [1.165, 1.54) is 11.3 Å². The van der Waals surface area contributed by atoms with Crippen LogP contribution in [-0.4, -0.2) is 42.1 Å². The van der Waals surface area contributed by atoms with Gasteiger partial charge < -0.3 is 9.32 Å². The van der Waals surface area contributed by atoms with Gasteiger partial charge in [-0.1, -0.05) is 148 Å².